The van der Waals surface area contributed by atoms with E-state index in [9.17, 15) is 14.9 Å². The van der Waals surface area contributed by atoms with Gasteiger partial charge in [-0.1, -0.05) is 17.7 Å². The van der Waals surface area contributed by atoms with Crippen LogP contribution in [0.3, 0.4) is 0 Å². The van der Waals surface area contributed by atoms with E-state index in [4.69, 9.17) is 4.74 Å². The van der Waals surface area contributed by atoms with Crippen molar-refractivity contribution in [1.29, 1.82) is 5.26 Å². The number of likely N-dealkylation sites (tertiary alicyclic amines) is 1. The van der Waals surface area contributed by atoms with E-state index in [1.807, 2.05) is 30.0 Å². The van der Waals surface area contributed by atoms with Gasteiger partial charge in [0.15, 0.2) is 0 Å². The Labute approximate surface area is 148 Å². The molecule has 1 N–H and O–H groups in total. The number of carbonyl (C=O) groups is 2. The minimum atomic E-state index is -0.432. The molecule has 1 heterocycles. The number of aryl methyl sites for hydroxylation is 1. The van der Waals surface area contributed by atoms with Crippen LogP contribution in [-0.4, -0.2) is 36.5 Å². The van der Waals surface area contributed by atoms with Gasteiger partial charge in [-0.2, -0.15) is 5.26 Å². The van der Waals surface area contributed by atoms with Crippen LogP contribution in [0.15, 0.2) is 36.0 Å². The fourth-order valence-electron chi connectivity index (χ4n) is 2.68. The molecule has 0 unspecified atom stereocenters. The number of benzene rings is 1. The molecule has 0 aromatic heterocycles. The number of esters is 1. The van der Waals surface area contributed by atoms with Crippen LogP contribution in [-0.2, 0) is 14.3 Å². The molecule has 1 amide bonds. The largest absolute Gasteiger partial charge is 0.466 e. The summed E-state index contributed by atoms with van der Waals surface area (Å²) < 4.78 is 5.04. The maximum Gasteiger partial charge on any atom is 0.309 e. The summed E-state index contributed by atoms with van der Waals surface area (Å²) in [5, 5.41) is 12.0. The lowest BCUT2D eigenvalue weighted by atomic mass is 9.97. The van der Waals surface area contributed by atoms with Crippen LogP contribution in [0.2, 0.25) is 0 Å². The Morgan fingerprint density at radius 1 is 1.32 bits per heavy atom. The molecule has 0 spiro atoms. The van der Waals surface area contributed by atoms with Gasteiger partial charge in [0.25, 0.3) is 5.91 Å². The highest BCUT2D eigenvalue weighted by atomic mass is 16.5. The van der Waals surface area contributed by atoms with Gasteiger partial charge in [0.2, 0.25) is 0 Å². The number of hydrogen-bond acceptors (Lipinski definition) is 5. The number of ether oxygens (including phenoxy) is 1. The zero-order valence-corrected chi connectivity index (χ0v) is 14.6. The summed E-state index contributed by atoms with van der Waals surface area (Å²) in [5.41, 5.74) is 1.80. The molecule has 6 heteroatoms. The van der Waals surface area contributed by atoms with Crippen LogP contribution in [0.25, 0.3) is 0 Å². The molecule has 1 aromatic rings. The van der Waals surface area contributed by atoms with E-state index >= 15 is 0 Å². The lowest BCUT2D eigenvalue weighted by Gasteiger charge is -2.30. The fourth-order valence-corrected chi connectivity index (χ4v) is 2.68. The normalized spacial score (nSPS) is 15.4. The van der Waals surface area contributed by atoms with E-state index in [1.54, 1.807) is 25.3 Å². The number of anilines is 1. The third kappa shape index (κ3) is 5.35. The highest BCUT2D eigenvalue weighted by molar-refractivity contribution is 6.06. The van der Waals surface area contributed by atoms with Crippen molar-refractivity contribution in [3.63, 3.8) is 0 Å². The third-order valence-electron chi connectivity index (χ3n) is 4.14. The van der Waals surface area contributed by atoms with Crippen molar-refractivity contribution in [2.24, 2.45) is 5.92 Å². The van der Waals surface area contributed by atoms with Gasteiger partial charge < -0.3 is 15.0 Å². The summed E-state index contributed by atoms with van der Waals surface area (Å²) in [7, 11) is 0. The molecule has 1 fully saturated rings. The minimum Gasteiger partial charge on any atom is -0.466 e. The van der Waals surface area contributed by atoms with E-state index in [1.165, 1.54) is 0 Å². The Bertz CT molecular complexity index is 681. The molecule has 6 nitrogen and oxygen atoms in total. The van der Waals surface area contributed by atoms with Gasteiger partial charge in [0, 0.05) is 25.0 Å². The summed E-state index contributed by atoms with van der Waals surface area (Å²) >= 11 is 0. The number of piperidine rings is 1. The topological polar surface area (TPSA) is 82.4 Å². The van der Waals surface area contributed by atoms with Crippen LogP contribution < -0.4 is 5.32 Å². The number of nitrogens with zero attached hydrogens (tertiary/aromatic N) is 2. The smallest absolute Gasteiger partial charge is 0.309 e. The van der Waals surface area contributed by atoms with Crippen LogP contribution in [0, 0.1) is 24.2 Å². The average Bonchev–Trinajstić information content (AvgIpc) is 2.62. The van der Waals surface area contributed by atoms with Crippen molar-refractivity contribution in [2.75, 3.05) is 25.0 Å². The molecule has 0 bridgehead atoms. The summed E-state index contributed by atoms with van der Waals surface area (Å²) in [6, 6.07) is 9.34. The SMILES string of the molecule is CCOC(=O)C1CCN(/C=C(/C#N)C(=O)Nc2ccc(C)cc2)CC1. The summed E-state index contributed by atoms with van der Waals surface area (Å²) in [5.74, 6) is -0.695. The van der Waals surface area contributed by atoms with E-state index in [-0.39, 0.29) is 17.5 Å². The summed E-state index contributed by atoms with van der Waals surface area (Å²) in [6.07, 6.45) is 2.89. The predicted molar refractivity (Wildman–Crippen MR) is 94.4 cm³/mol. The van der Waals surface area contributed by atoms with Gasteiger partial charge in [-0.25, -0.2) is 0 Å². The number of nitriles is 1. The molecule has 0 saturated carbocycles. The summed E-state index contributed by atoms with van der Waals surface area (Å²) in [6.45, 7) is 5.38. The minimum absolute atomic E-state index is 0.0511. The van der Waals surface area contributed by atoms with Crippen molar-refractivity contribution in [3.8, 4) is 6.07 Å². The van der Waals surface area contributed by atoms with Crippen molar-refractivity contribution >= 4 is 17.6 Å². The highest BCUT2D eigenvalue weighted by Gasteiger charge is 2.25. The molecule has 1 aliphatic rings. The number of carbonyl (C=O) groups excluding carboxylic acids is 2. The second-order valence-corrected chi connectivity index (χ2v) is 6.04. The second kappa shape index (κ2) is 8.88. The van der Waals surface area contributed by atoms with Crippen molar-refractivity contribution in [3.05, 3.63) is 41.6 Å². The first-order valence-electron chi connectivity index (χ1n) is 8.44. The van der Waals surface area contributed by atoms with Gasteiger partial charge in [-0.15, -0.1) is 0 Å². The van der Waals surface area contributed by atoms with E-state index < -0.39 is 5.91 Å². The van der Waals surface area contributed by atoms with Crippen molar-refractivity contribution < 1.29 is 14.3 Å². The maximum atomic E-state index is 12.3. The Morgan fingerprint density at radius 3 is 2.52 bits per heavy atom. The van der Waals surface area contributed by atoms with E-state index in [2.05, 4.69) is 5.32 Å². The van der Waals surface area contributed by atoms with Crippen molar-refractivity contribution in [1.82, 2.24) is 4.90 Å². The van der Waals surface area contributed by atoms with E-state index in [0.29, 0.717) is 38.2 Å². The van der Waals surface area contributed by atoms with Gasteiger partial charge in [0.1, 0.15) is 11.6 Å². The second-order valence-electron chi connectivity index (χ2n) is 6.04. The zero-order valence-electron chi connectivity index (χ0n) is 14.6. The Balaban J connectivity index is 1.94. The number of rotatable bonds is 5. The molecule has 0 atom stereocenters. The molecule has 0 radical (unpaired) electrons. The zero-order chi connectivity index (χ0) is 18.2. The molecule has 1 aliphatic heterocycles. The maximum absolute atomic E-state index is 12.3. The molecule has 1 aromatic carbocycles. The summed E-state index contributed by atoms with van der Waals surface area (Å²) in [4.78, 5) is 25.9. The quantitative estimate of drug-likeness (QED) is 0.506. The first kappa shape index (κ1) is 18.5. The Hall–Kier alpha value is -2.81. The van der Waals surface area contributed by atoms with Crippen LogP contribution in [0.4, 0.5) is 5.69 Å². The first-order chi connectivity index (χ1) is 12.0. The molecular weight excluding hydrogens is 318 g/mol. The van der Waals surface area contributed by atoms with E-state index in [0.717, 1.165) is 5.56 Å². The van der Waals surface area contributed by atoms with Gasteiger partial charge in [0.05, 0.1) is 12.5 Å². The van der Waals surface area contributed by atoms with Gasteiger partial charge in [-0.3, -0.25) is 9.59 Å². The first-order valence-corrected chi connectivity index (χ1v) is 8.44. The van der Waals surface area contributed by atoms with Crippen LogP contribution >= 0.6 is 0 Å². The monoisotopic (exact) mass is 341 g/mol. The molecule has 1 saturated heterocycles. The van der Waals surface area contributed by atoms with Crippen LogP contribution in [0.5, 0.6) is 0 Å². The standard InChI is InChI=1S/C19H23N3O3/c1-3-25-19(24)15-8-10-22(11-9-15)13-16(12-20)18(23)21-17-6-4-14(2)5-7-17/h4-7,13,15H,3,8-11H2,1-2H3,(H,21,23)/b16-13-. The number of amides is 1. The predicted octanol–water partition coefficient (Wildman–Crippen LogP) is 2.62. The number of nitrogens with one attached hydrogen (secondary N) is 1. The van der Waals surface area contributed by atoms with Crippen molar-refractivity contribution in [2.45, 2.75) is 26.7 Å². The van der Waals surface area contributed by atoms with Crippen LogP contribution in [0.1, 0.15) is 25.3 Å². The Kier molecular flexibility index (Phi) is 6.58. The molecule has 2 rings (SSSR count). The van der Waals surface area contributed by atoms with Gasteiger partial charge >= 0.3 is 5.97 Å². The third-order valence-corrected chi connectivity index (χ3v) is 4.14. The molecule has 25 heavy (non-hydrogen) atoms. The molecular formula is C19H23N3O3. The molecule has 132 valence electrons. The fraction of sp³-hybridized carbons (Fsp3) is 0.421. The number of hydrogen-bond donors (Lipinski definition) is 1. The average molecular weight is 341 g/mol. The van der Waals surface area contributed by atoms with Gasteiger partial charge in [-0.05, 0) is 38.8 Å². The molecule has 0 aliphatic carbocycles. The lowest BCUT2D eigenvalue weighted by Crippen LogP contribution is -2.34. The lowest BCUT2D eigenvalue weighted by molar-refractivity contribution is -0.149. The highest BCUT2D eigenvalue weighted by Crippen LogP contribution is 2.20. The Morgan fingerprint density at radius 2 is 1.96 bits per heavy atom.